The van der Waals surface area contributed by atoms with Crippen molar-refractivity contribution in [3.05, 3.63) is 64.3 Å². The van der Waals surface area contributed by atoms with Crippen molar-refractivity contribution >= 4 is 34.8 Å². The molecule has 0 bridgehead atoms. The minimum absolute atomic E-state index is 0.0165. The van der Waals surface area contributed by atoms with Crippen molar-refractivity contribution in [2.75, 3.05) is 13.1 Å². The van der Waals surface area contributed by atoms with Crippen LogP contribution in [0.2, 0.25) is 5.02 Å². The SMILES string of the molecule is CC(C)(C)C(=O)NC1CCN(C(=O)c2ccc(-c3csc(-c4ccnc(C(C)(C)C)c4)c3)c(Cl)c2)CC1. The molecule has 0 atom stereocenters. The van der Waals surface area contributed by atoms with Crippen molar-refractivity contribution in [2.24, 2.45) is 5.41 Å². The van der Waals surface area contributed by atoms with Gasteiger partial charge in [0.1, 0.15) is 0 Å². The summed E-state index contributed by atoms with van der Waals surface area (Å²) < 4.78 is 0. The summed E-state index contributed by atoms with van der Waals surface area (Å²) in [6, 6.07) is 12.0. The third kappa shape index (κ3) is 6.42. The molecule has 1 N–H and O–H groups in total. The number of thiophene rings is 1. The monoisotopic (exact) mass is 537 g/mol. The van der Waals surface area contributed by atoms with E-state index in [0.717, 1.165) is 40.1 Å². The number of nitrogens with one attached hydrogen (secondary N) is 1. The molecule has 1 saturated heterocycles. The topological polar surface area (TPSA) is 62.3 Å². The third-order valence-electron chi connectivity index (χ3n) is 6.74. The highest BCUT2D eigenvalue weighted by Crippen LogP contribution is 2.37. The van der Waals surface area contributed by atoms with Crippen molar-refractivity contribution in [1.29, 1.82) is 0 Å². The van der Waals surface area contributed by atoms with Gasteiger partial charge in [0.2, 0.25) is 5.91 Å². The van der Waals surface area contributed by atoms with Gasteiger partial charge in [-0.25, -0.2) is 0 Å². The second kappa shape index (κ2) is 10.6. The molecule has 196 valence electrons. The maximum absolute atomic E-state index is 13.2. The second-order valence-corrected chi connectivity index (χ2v) is 13.2. The van der Waals surface area contributed by atoms with Crippen molar-refractivity contribution in [3.63, 3.8) is 0 Å². The highest BCUT2D eigenvalue weighted by atomic mass is 35.5. The van der Waals surface area contributed by atoms with Crippen LogP contribution in [0.5, 0.6) is 0 Å². The summed E-state index contributed by atoms with van der Waals surface area (Å²) in [5.41, 5.74) is 4.30. The molecule has 5 nitrogen and oxygen atoms in total. The summed E-state index contributed by atoms with van der Waals surface area (Å²) in [5.74, 6) is 0.0290. The number of rotatable bonds is 4. The first kappa shape index (κ1) is 27.3. The molecule has 1 fully saturated rings. The number of piperidine rings is 1. The van der Waals surface area contributed by atoms with E-state index in [1.54, 1.807) is 17.4 Å². The predicted octanol–water partition coefficient (Wildman–Crippen LogP) is 7.19. The maximum Gasteiger partial charge on any atom is 0.253 e. The van der Waals surface area contributed by atoms with Crippen LogP contribution in [0.25, 0.3) is 21.6 Å². The maximum atomic E-state index is 13.2. The van der Waals surface area contributed by atoms with E-state index >= 15 is 0 Å². The van der Waals surface area contributed by atoms with E-state index in [2.05, 4.69) is 48.6 Å². The molecule has 2 aromatic heterocycles. The molecule has 37 heavy (non-hydrogen) atoms. The Morgan fingerprint density at radius 2 is 1.70 bits per heavy atom. The highest BCUT2D eigenvalue weighted by molar-refractivity contribution is 7.14. The van der Waals surface area contributed by atoms with Crippen LogP contribution >= 0.6 is 22.9 Å². The summed E-state index contributed by atoms with van der Waals surface area (Å²) in [4.78, 5) is 33.0. The molecule has 4 rings (SSSR count). The molecule has 0 radical (unpaired) electrons. The van der Waals surface area contributed by atoms with Crippen LogP contribution < -0.4 is 5.32 Å². The fourth-order valence-electron chi connectivity index (χ4n) is 4.32. The molecule has 3 aromatic rings. The zero-order valence-corrected chi connectivity index (χ0v) is 24.1. The predicted molar refractivity (Wildman–Crippen MR) is 153 cm³/mol. The number of nitrogens with zero attached hydrogens (tertiary/aromatic N) is 2. The molecule has 0 spiro atoms. The van der Waals surface area contributed by atoms with Crippen LogP contribution in [0.3, 0.4) is 0 Å². The number of amides is 2. The van der Waals surface area contributed by atoms with Crippen molar-refractivity contribution < 1.29 is 9.59 Å². The van der Waals surface area contributed by atoms with Crippen LogP contribution in [-0.2, 0) is 10.2 Å². The van der Waals surface area contributed by atoms with Gasteiger partial charge >= 0.3 is 0 Å². The van der Waals surface area contributed by atoms with Crippen molar-refractivity contribution in [3.8, 4) is 21.6 Å². The number of pyridine rings is 1. The van der Waals surface area contributed by atoms with Gasteiger partial charge in [0.25, 0.3) is 5.91 Å². The van der Waals surface area contributed by atoms with E-state index in [-0.39, 0.29) is 23.3 Å². The fourth-order valence-corrected chi connectivity index (χ4v) is 5.51. The first-order chi connectivity index (χ1) is 17.3. The Morgan fingerprint density at radius 1 is 1.00 bits per heavy atom. The van der Waals surface area contributed by atoms with Crippen LogP contribution in [0.4, 0.5) is 0 Å². The lowest BCUT2D eigenvalue weighted by Gasteiger charge is -2.33. The smallest absolute Gasteiger partial charge is 0.253 e. The minimum atomic E-state index is -0.414. The van der Waals surface area contributed by atoms with Crippen LogP contribution in [-0.4, -0.2) is 40.8 Å². The number of hydrogen-bond donors (Lipinski definition) is 1. The molecule has 3 heterocycles. The summed E-state index contributed by atoms with van der Waals surface area (Å²) in [5, 5.41) is 5.78. The van der Waals surface area contributed by atoms with Crippen molar-refractivity contribution in [1.82, 2.24) is 15.2 Å². The number of carbonyl (C=O) groups excluding carboxylic acids is 2. The molecule has 1 aromatic carbocycles. The molecule has 1 aliphatic rings. The molecule has 7 heteroatoms. The first-order valence-electron chi connectivity index (χ1n) is 12.8. The Hall–Kier alpha value is -2.70. The Labute approximate surface area is 229 Å². The Bertz CT molecular complexity index is 1290. The number of likely N-dealkylation sites (tertiary alicyclic amines) is 1. The van der Waals surface area contributed by atoms with Gasteiger partial charge in [-0.2, -0.15) is 0 Å². The Morgan fingerprint density at radius 3 is 2.32 bits per heavy atom. The summed E-state index contributed by atoms with van der Waals surface area (Å²) in [6.45, 7) is 13.4. The van der Waals surface area contributed by atoms with Crippen molar-refractivity contribution in [2.45, 2.75) is 65.8 Å². The molecule has 1 aliphatic heterocycles. The standard InChI is InChI=1S/C30H36ClN3O2S/c1-29(2,3)26-17-19(9-12-32-26)25-16-21(18-37-25)23-8-7-20(15-24(23)31)27(35)34-13-10-22(11-14-34)33-28(36)30(4,5)6/h7-9,12,15-18,22H,10-11,13-14H2,1-6H3,(H,33,36). The van der Waals surface area contributed by atoms with Gasteiger partial charge < -0.3 is 10.2 Å². The van der Waals surface area contributed by atoms with Gasteiger partial charge in [0.15, 0.2) is 0 Å². The number of benzene rings is 1. The van der Waals surface area contributed by atoms with E-state index in [1.807, 2.05) is 50.1 Å². The number of halogens is 1. The molecule has 0 unspecified atom stereocenters. The first-order valence-corrected chi connectivity index (χ1v) is 14.0. The number of aromatic nitrogens is 1. The molecular formula is C30H36ClN3O2S. The molecule has 0 saturated carbocycles. The normalized spacial score (nSPS) is 15.1. The highest BCUT2D eigenvalue weighted by Gasteiger charge is 2.28. The van der Waals surface area contributed by atoms with Gasteiger partial charge in [-0.1, -0.05) is 59.2 Å². The zero-order chi connectivity index (χ0) is 27.0. The van der Waals surface area contributed by atoms with Gasteiger partial charge in [0, 0.05) is 62.9 Å². The summed E-state index contributed by atoms with van der Waals surface area (Å²) >= 11 is 8.36. The minimum Gasteiger partial charge on any atom is -0.353 e. The molecular weight excluding hydrogens is 502 g/mol. The van der Waals surface area contributed by atoms with Gasteiger partial charge in [-0.05, 0) is 59.7 Å². The lowest BCUT2D eigenvalue weighted by atomic mass is 9.90. The number of carbonyl (C=O) groups is 2. The lowest BCUT2D eigenvalue weighted by Crippen LogP contribution is -2.49. The third-order valence-corrected chi connectivity index (χ3v) is 8.03. The van der Waals surface area contributed by atoms with Gasteiger partial charge in [-0.3, -0.25) is 14.6 Å². The number of hydrogen-bond acceptors (Lipinski definition) is 4. The average molecular weight is 538 g/mol. The molecule has 0 aliphatic carbocycles. The van der Waals surface area contributed by atoms with Gasteiger partial charge in [0.05, 0.1) is 0 Å². The molecule has 2 amide bonds. The summed E-state index contributed by atoms with van der Waals surface area (Å²) in [6.07, 6.45) is 3.37. The Kier molecular flexibility index (Phi) is 7.82. The largest absolute Gasteiger partial charge is 0.353 e. The van der Waals surface area contributed by atoms with Crippen LogP contribution in [0, 0.1) is 5.41 Å². The van der Waals surface area contributed by atoms with Crippen LogP contribution in [0.15, 0.2) is 48.0 Å². The van der Waals surface area contributed by atoms with Crippen LogP contribution in [0.1, 0.15) is 70.4 Å². The zero-order valence-electron chi connectivity index (χ0n) is 22.5. The average Bonchev–Trinajstić information content (AvgIpc) is 3.33. The summed E-state index contributed by atoms with van der Waals surface area (Å²) in [7, 11) is 0. The van der Waals surface area contributed by atoms with E-state index in [0.29, 0.717) is 23.7 Å². The lowest BCUT2D eigenvalue weighted by molar-refractivity contribution is -0.129. The van der Waals surface area contributed by atoms with Gasteiger partial charge in [-0.15, -0.1) is 11.3 Å². The van der Waals surface area contributed by atoms with E-state index in [9.17, 15) is 9.59 Å². The van der Waals surface area contributed by atoms with E-state index in [4.69, 9.17) is 11.6 Å². The fraction of sp³-hybridized carbons (Fsp3) is 0.433. The van der Waals surface area contributed by atoms with E-state index in [1.165, 1.54) is 0 Å². The Balaban J connectivity index is 1.44. The second-order valence-electron chi connectivity index (χ2n) is 11.9. The quantitative estimate of drug-likeness (QED) is 0.383. The van der Waals surface area contributed by atoms with E-state index < -0.39 is 5.41 Å².